The number of carbonyl (C=O) groups excluding carboxylic acids is 1. The Morgan fingerprint density at radius 1 is 1.15 bits per heavy atom. The molecule has 0 spiro atoms. The van der Waals surface area contributed by atoms with E-state index in [1.165, 1.54) is 24.4 Å². The molecule has 0 bridgehead atoms. The molecule has 0 radical (unpaired) electrons. The summed E-state index contributed by atoms with van der Waals surface area (Å²) in [5.41, 5.74) is -0.149. The predicted octanol–water partition coefficient (Wildman–Crippen LogP) is 4.85. The van der Waals surface area contributed by atoms with Crippen LogP contribution in [0, 0.1) is 0 Å². The molecule has 0 atom stereocenters. The van der Waals surface area contributed by atoms with E-state index in [2.05, 4.69) is 9.97 Å². The van der Waals surface area contributed by atoms with Gasteiger partial charge in [0, 0.05) is 11.6 Å². The summed E-state index contributed by atoms with van der Waals surface area (Å²) in [6, 6.07) is 3.43. The standard InChI is InChI=1S/C19H21F3N2O3/c1-11(2)26-16-8-13(7-14(9-16)19(20,21)22)18-23-10-15(24-18)5-6-17(25)27-12(3)4/h5-12H,1-4H3,(H,23,24)/b6-5+. The van der Waals surface area contributed by atoms with Crippen molar-refractivity contribution in [2.24, 2.45) is 0 Å². The van der Waals surface area contributed by atoms with Crippen LogP contribution < -0.4 is 4.74 Å². The molecule has 146 valence electrons. The monoisotopic (exact) mass is 382 g/mol. The first kappa shape index (κ1) is 20.5. The average molecular weight is 382 g/mol. The number of esters is 1. The number of ether oxygens (including phenoxy) is 2. The quantitative estimate of drug-likeness (QED) is 0.573. The van der Waals surface area contributed by atoms with Gasteiger partial charge in [0.1, 0.15) is 11.6 Å². The Labute approximate surface area is 155 Å². The minimum absolute atomic E-state index is 0.101. The first-order valence-electron chi connectivity index (χ1n) is 8.37. The molecule has 0 aliphatic heterocycles. The number of hydrogen-bond acceptors (Lipinski definition) is 4. The molecule has 0 aliphatic rings. The highest BCUT2D eigenvalue weighted by molar-refractivity contribution is 5.86. The van der Waals surface area contributed by atoms with Gasteiger partial charge >= 0.3 is 12.1 Å². The maximum atomic E-state index is 13.2. The van der Waals surface area contributed by atoms with E-state index in [9.17, 15) is 18.0 Å². The van der Waals surface area contributed by atoms with Crippen molar-refractivity contribution < 1.29 is 27.4 Å². The van der Waals surface area contributed by atoms with Crippen LogP contribution in [-0.2, 0) is 15.7 Å². The number of carbonyl (C=O) groups is 1. The number of alkyl halides is 3. The molecule has 1 N–H and O–H groups in total. The van der Waals surface area contributed by atoms with E-state index in [-0.39, 0.29) is 29.3 Å². The highest BCUT2D eigenvalue weighted by atomic mass is 19.4. The number of aromatic nitrogens is 2. The van der Waals surface area contributed by atoms with Crippen LogP contribution in [0.5, 0.6) is 5.75 Å². The fourth-order valence-electron chi connectivity index (χ4n) is 2.24. The van der Waals surface area contributed by atoms with Crippen LogP contribution in [0.25, 0.3) is 17.5 Å². The van der Waals surface area contributed by atoms with Crippen LogP contribution in [0.4, 0.5) is 13.2 Å². The molecule has 0 saturated carbocycles. The number of benzene rings is 1. The second-order valence-electron chi connectivity index (χ2n) is 6.42. The lowest BCUT2D eigenvalue weighted by Crippen LogP contribution is -2.09. The summed E-state index contributed by atoms with van der Waals surface area (Å²) >= 11 is 0. The predicted molar refractivity (Wildman–Crippen MR) is 95.1 cm³/mol. The lowest BCUT2D eigenvalue weighted by molar-refractivity contribution is -0.141. The summed E-state index contributed by atoms with van der Waals surface area (Å²) in [5.74, 6) is -0.191. The largest absolute Gasteiger partial charge is 0.491 e. The minimum Gasteiger partial charge on any atom is -0.491 e. The molecule has 2 rings (SSSR count). The SMILES string of the molecule is CC(C)OC(=O)/C=C/c1cnc(-c2cc(OC(C)C)cc(C(F)(F)F)c2)[nH]1. The molecule has 2 aromatic rings. The molecule has 1 aromatic carbocycles. The minimum atomic E-state index is -4.51. The average Bonchev–Trinajstić information content (AvgIpc) is 2.99. The molecule has 0 fully saturated rings. The van der Waals surface area contributed by atoms with Crippen LogP contribution in [0.2, 0.25) is 0 Å². The first-order chi connectivity index (χ1) is 12.5. The van der Waals surface area contributed by atoms with Crippen LogP contribution >= 0.6 is 0 Å². The van der Waals surface area contributed by atoms with E-state index in [1.807, 2.05) is 0 Å². The highest BCUT2D eigenvalue weighted by Crippen LogP contribution is 2.35. The van der Waals surface area contributed by atoms with Crippen molar-refractivity contribution in [2.45, 2.75) is 46.1 Å². The molecule has 1 aromatic heterocycles. The third-order valence-electron chi connectivity index (χ3n) is 3.23. The Kier molecular flexibility index (Phi) is 6.30. The molecule has 8 heteroatoms. The number of rotatable bonds is 6. The smallest absolute Gasteiger partial charge is 0.416 e. The molecule has 0 saturated heterocycles. The number of nitrogens with zero attached hydrogens (tertiary/aromatic N) is 1. The van der Waals surface area contributed by atoms with E-state index < -0.39 is 17.7 Å². The van der Waals surface area contributed by atoms with Gasteiger partial charge in [-0.15, -0.1) is 0 Å². The van der Waals surface area contributed by atoms with E-state index in [0.29, 0.717) is 5.69 Å². The normalized spacial score (nSPS) is 12.2. The van der Waals surface area contributed by atoms with Gasteiger partial charge in [-0.3, -0.25) is 0 Å². The molecular formula is C19H21F3N2O3. The van der Waals surface area contributed by atoms with Gasteiger partial charge in [0.2, 0.25) is 0 Å². The summed E-state index contributed by atoms with van der Waals surface area (Å²) < 4.78 is 49.9. The molecule has 0 amide bonds. The summed E-state index contributed by atoms with van der Waals surface area (Å²) in [6.07, 6.45) is -0.956. The zero-order valence-electron chi connectivity index (χ0n) is 15.4. The van der Waals surface area contributed by atoms with E-state index in [0.717, 1.165) is 12.1 Å². The van der Waals surface area contributed by atoms with Crippen molar-refractivity contribution in [3.05, 3.63) is 41.7 Å². The molecule has 0 aliphatic carbocycles. The molecule has 0 unspecified atom stereocenters. The summed E-state index contributed by atoms with van der Waals surface area (Å²) in [6.45, 7) is 6.91. The van der Waals surface area contributed by atoms with Crippen LogP contribution in [-0.4, -0.2) is 28.1 Å². The van der Waals surface area contributed by atoms with Crippen molar-refractivity contribution in [2.75, 3.05) is 0 Å². The van der Waals surface area contributed by atoms with Crippen molar-refractivity contribution in [1.82, 2.24) is 9.97 Å². The number of nitrogens with one attached hydrogen (secondary N) is 1. The molecule has 27 heavy (non-hydrogen) atoms. The van der Waals surface area contributed by atoms with E-state index in [1.54, 1.807) is 27.7 Å². The van der Waals surface area contributed by atoms with Gasteiger partial charge in [-0.1, -0.05) is 0 Å². The fraction of sp³-hybridized carbons (Fsp3) is 0.368. The zero-order chi connectivity index (χ0) is 20.2. The van der Waals surface area contributed by atoms with E-state index >= 15 is 0 Å². The topological polar surface area (TPSA) is 64.2 Å². The van der Waals surface area contributed by atoms with Gasteiger partial charge in [-0.2, -0.15) is 13.2 Å². The second-order valence-corrected chi connectivity index (χ2v) is 6.42. The van der Waals surface area contributed by atoms with Crippen molar-refractivity contribution in [3.63, 3.8) is 0 Å². The van der Waals surface area contributed by atoms with Crippen LogP contribution in [0.3, 0.4) is 0 Å². The molecule has 1 heterocycles. The van der Waals surface area contributed by atoms with Gasteiger partial charge in [0.15, 0.2) is 0 Å². The summed E-state index contributed by atoms with van der Waals surface area (Å²) in [4.78, 5) is 18.5. The maximum Gasteiger partial charge on any atom is 0.416 e. The number of aromatic amines is 1. The fourth-order valence-corrected chi connectivity index (χ4v) is 2.24. The van der Waals surface area contributed by atoms with Gasteiger partial charge in [0.25, 0.3) is 0 Å². The first-order valence-corrected chi connectivity index (χ1v) is 8.37. The number of hydrogen-bond donors (Lipinski definition) is 1. The highest BCUT2D eigenvalue weighted by Gasteiger charge is 2.32. The van der Waals surface area contributed by atoms with Crippen molar-refractivity contribution in [3.8, 4) is 17.1 Å². The van der Waals surface area contributed by atoms with Crippen molar-refractivity contribution >= 4 is 12.0 Å². The Bertz CT molecular complexity index is 824. The second kappa shape index (κ2) is 8.28. The van der Waals surface area contributed by atoms with Gasteiger partial charge < -0.3 is 14.5 Å². The Morgan fingerprint density at radius 3 is 2.44 bits per heavy atom. The van der Waals surface area contributed by atoms with Gasteiger partial charge in [-0.25, -0.2) is 9.78 Å². The zero-order valence-corrected chi connectivity index (χ0v) is 15.4. The lowest BCUT2D eigenvalue weighted by Gasteiger charge is -2.14. The van der Waals surface area contributed by atoms with E-state index in [4.69, 9.17) is 9.47 Å². The van der Waals surface area contributed by atoms with Crippen LogP contribution in [0.15, 0.2) is 30.5 Å². The van der Waals surface area contributed by atoms with Crippen molar-refractivity contribution in [1.29, 1.82) is 0 Å². The Morgan fingerprint density at radius 2 is 1.85 bits per heavy atom. The van der Waals surface area contributed by atoms with Gasteiger partial charge in [-0.05, 0) is 52.0 Å². The molecule has 5 nitrogen and oxygen atoms in total. The summed E-state index contributed by atoms with van der Waals surface area (Å²) in [7, 11) is 0. The number of halogens is 3. The third kappa shape index (κ3) is 6.16. The molecular weight excluding hydrogens is 361 g/mol. The lowest BCUT2D eigenvalue weighted by atomic mass is 10.1. The number of H-pyrrole nitrogens is 1. The van der Waals surface area contributed by atoms with Gasteiger partial charge in [0.05, 0.1) is 29.7 Å². The summed E-state index contributed by atoms with van der Waals surface area (Å²) in [5, 5.41) is 0. The Hall–Kier alpha value is -2.77. The Balaban J connectivity index is 2.31. The number of imidazole rings is 1. The maximum absolute atomic E-state index is 13.2. The van der Waals surface area contributed by atoms with Crippen LogP contribution in [0.1, 0.15) is 39.0 Å². The third-order valence-corrected chi connectivity index (χ3v) is 3.23.